The third-order valence-electron chi connectivity index (χ3n) is 3.28. The molecule has 5 nitrogen and oxygen atoms in total. The summed E-state index contributed by atoms with van der Waals surface area (Å²) < 4.78 is 5.31. The number of alkyl halides is 1. The molecule has 1 amide bonds. The quantitative estimate of drug-likeness (QED) is 0.783. The number of carbonyl (C=O) groups is 1. The predicted octanol–water partition coefficient (Wildman–Crippen LogP) is 1.61. The average Bonchev–Trinajstić information content (AvgIpc) is 2.45. The van der Waals surface area contributed by atoms with Crippen LogP contribution in [0, 0.1) is 0 Å². The number of nitrogens with zero attached hydrogens (tertiary/aromatic N) is 1. The molecule has 6 heteroatoms. The van der Waals surface area contributed by atoms with Crippen molar-refractivity contribution in [2.24, 2.45) is 0 Å². The van der Waals surface area contributed by atoms with Gasteiger partial charge in [0, 0.05) is 13.1 Å². The molecule has 0 radical (unpaired) electrons. The van der Waals surface area contributed by atoms with Crippen LogP contribution in [0.15, 0.2) is 18.2 Å². The van der Waals surface area contributed by atoms with Gasteiger partial charge in [0.15, 0.2) is 6.61 Å². The highest BCUT2D eigenvalue weighted by Gasteiger charge is 2.19. The topological polar surface area (TPSA) is 61.8 Å². The van der Waals surface area contributed by atoms with E-state index in [-0.39, 0.29) is 24.5 Å². The third-order valence-corrected chi connectivity index (χ3v) is 3.67. The molecule has 0 spiro atoms. The number of likely N-dealkylation sites (N-methyl/N-ethyl adjacent to an activating group) is 1. The Labute approximate surface area is 123 Å². The summed E-state index contributed by atoms with van der Waals surface area (Å²) in [7, 11) is 0. The maximum absolute atomic E-state index is 11.3. The van der Waals surface area contributed by atoms with Crippen LogP contribution in [0.25, 0.3) is 0 Å². The fourth-order valence-electron chi connectivity index (χ4n) is 2.15. The van der Waals surface area contributed by atoms with Gasteiger partial charge in [-0.15, -0.1) is 11.6 Å². The Hall–Kier alpha value is -1.30. The number of ether oxygens (including phenoxy) is 1. The van der Waals surface area contributed by atoms with E-state index in [1.165, 1.54) is 0 Å². The second-order valence-electron chi connectivity index (χ2n) is 4.68. The highest BCUT2D eigenvalue weighted by atomic mass is 35.5. The van der Waals surface area contributed by atoms with Gasteiger partial charge in [0.1, 0.15) is 5.75 Å². The first-order valence-corrected chi connectivity index (χ1v) is 7.11. The van der Waals surface area contributed by atoms with Gasteiger partial charge in [0.2, 0.25) is 0 Å². The molecule has 0 saturated heterocycles. The van der Waals surface area contributed by atoms with Gasteiger partial charge in [0.25, 0.3) is 5.91 Å². The zero-order chi connectivity index (χ0) is 14.5. The van der Waals surface area contributed by atoms with Crippen LogP contribution in [-0.2, 0) is 4.79 Å². The first-order valence-electron chi connectivity index (χ1n) is 6.68. The molecule has 1 aromatic carbocycles. The van der Waals surface area contributed by atoms with Crippen LogP contribution >= 0.6 is 11.6 Å². The summed E-state index contributed by atoms with van der Waals surface area (Å²) in [5, 5.41) is 11.6. The lowest BCUT2D eigenvalue weighted by Crippen LogP contribution is -2.30. The number of rotatable bonds is 6. The highest BCUT2D eigenvalue weighted by molar-refractivity contribution is 6.21. The van der Waals surface area contributed by atoms with Crippen LogP contribution in [0.4, 0.5) is 5.69 Å². The van der Waals surface area contributed by atoms with E-state index in [1.807, 2.05) is 25.1 Å². The van der Waals surface area contributed by atoms with Crippen LogP contribution in [-0.4, -0.2) is 48.8 Å². The second-order valence-corrected chi connectivity index (χ2v) is 5.20. The highest BCUT2D eigenvalue weighted by Crippen LogP contribution is 2.32. The Bertz CT molecular complexity index is 481. The Morgan fingerprint density at radius 1 is 1.55 bits per heavy atom. The number of aliphatic hydroxyl groups is 1. The van der Waals surface area contributed by atoms with Crippen molar-refractivity contribution in [3.8, 4) is 5.75 Å². The summed E-state index contributed by atoms with van der Waals surface area (Å²) in [6.07, 6.45) is 0. The smallest absolute Gasteiger partial charge is 0.262 e. The SMILES string of the molecule is CCN(CCO)CC(Cl)c1ccc2c(c1)NC(=O)CO2. The second kappa shape index (κ2) is 6.92. The number of benzene rings is 1. The lowest BCUT2D eigenvalue weighted by atomic mass is 10.1. The molecule has 2 rings (SSSR count). The first kappa shape index (κ1) is 15.1. The van der Waals surface area contributed by atoms with E-state index in [4.69, 9.17) is 21.4 Å². The average molecular weight is 299 g/mol. The van der Waals surface area contributed by atoms with Crippen LogP contribution in [0.3, 0.4) is 0 Å². The summed E-state index contributed by atoms with van der Waals surface area (Å²) in [6, 6.07) is 5.57. The lowest BCUT2D eigenvalue weighted by Gasteiger charge is -2.24. The van der Waals surface area contributed by atoms with E-state index < -0.39 is 0 Å². The van der Waals surface area contributed by atoms with Gasteiger partial charge in [0.05, 0.1) is 17.7 Å². The van der Waals surface area contributed by atoms with Crippen LogP contribution in [0.5, 0.6) is 5.75 Å². The molecule has 0 fully saturated rings. The van der Waals surface area contributed by atoms with Gasteiger partial charge in [-0.2, -0.15) is 0 Å². The standard InChI is InChI=1S/C14H19ClN2O3/c1-2-17(5-6-18)8-11(15)10-3-4-13-12(7-10)16-14(19)9-20-13/h3-4,7,11,18H,2,5-6,8-9H2,1H3,(H,16,19). The zero-order valence-corrected chi connectivity index (χ0v) is 12.2. The summed E-state index contributed by atoms with van der Waals surface area (Å²) in [5.41, 5.74) is 1.59. The number of fused-ring (bicyclic) bond motifs is 1. The fraction of sp³-hybridized carbons (Fsp3) is 0.500. The summed E-state index contributed by atoms with van der Waals surface area (Å²) in [4.78, 5) is 13.4. The number of nitrogens with one attached hydrogen (secondary N) is 1. The normalized spacial score (nSPS) is 15.5. The van der Waals surface area contributed by atoms with E-state index >= 15 is 0 Å². The summed E-state index contributed by atoms with van der Waals surface area (Å²) in [5.74, 6) is 0.510. The minimum Gasteiger partial charge on any atom is -0.482 e. The molecule has 110 valence electrons. The number of hydrogen-bond acceptors (Lipinski definition) is 4. The molecule has 0 aromatic heterocycles. The van der Waals surface area contributed by atoms with E-state index in [9.17, 15) is 4.79 Å². The Kier molecular flexibility index (Phi) is 5.23. The van der Waals surface area contributed by atoms with Crippen molar-refractivity contribution < 1.29 is 14.6 Å². The van der Waals surface area contributed by atoms with Gasteiger partial charge in [-0.05, 0) is 24.2 Å². The monoisotopic (exact) mass is 298 g/mol. The molecule has 1 aliphatic rings. The lowest BCUT2D eigenvalue weighted by molar-refractivity contribution is -0.118. The van der Waals surface area contributed by atoms with Crippen molar-refractivity contribution in [3.05, 3.63) is 23.8 Å². The largest absolute Gasteiger partial charge is 0.482 e. The predicted molar refractivity (Wildman–Crippen MR) is 78.4 cm³/mol. The van der Waals surface area contributed by atoms with Gasteiger partial charge in [-0.3, -0.25) is 9.69 Å². The molecule has 0 saturated carbocycles. The van der Waals surface area contributed by atoms with Crippen molar-refractivity contribution in [2.45, 2.75) is 12.3 Å². The minimum atomic E-state index is -0.203. The van der Waals surface area contributed by atoms with Crippen molar-refractivity contribution in [1.82, 2.24) is 4.90 Å². The van der Waals surface area contributed by atoms with Crippen molar-refractivity contribution >= 4 is 23.2 Å². The maximum atomic E-state index is 11.3. The van der Waals surface area contributed by atoms with Gasteiger partial charge in [-0.25, -0.2) is 0 Å². The summed E-state index contributed by atoms with van der Waals surface area (Å²) >= 11 is 6.42. The molecule has 1 heterocycles. The number of hydrogen-bond donors (Lipinski definition) is 2. The number of amides is 1. The Morgan fingerprint density at radius 3 is 3.05 bits per heavy atom. The van der Waals surface area contributed by atoms with Gasteiger partial charge in [-0.1, -0.05) is 13.0 Å². The van der Waals surface area contributed by atoms with Gasteiger partial charge < -0.3 is 15.2 Å². The van der Waals surface area contributed by atoms with Crippen LogP contribution < -0.4 is 10.1 Å². The number of halogens is 1. The molecule has 1 unspecified atom stereocenters. The maximum Gasteiger partial charge on any atom is 0.262 e. The van der Waals surface area contributed by atoms with Gasteiger partial charge >= 0.3 is 0 Å². The van der Waals surface area contributed by atoms with E-state index in [1.54, 1.807) is 0 Å². The van der Waals surface area contributed by atoms with Crippen LogP contribution in [0.2, 0.25) is 0 Å². The fourth-order valence-corrected chi connectivity index (χ4v) is 2.48. The number of aliphatic hydroxyl groups excluding tert-OH is 1. The molecule has 20 heavy (non-hydrogen) atoms. The molecule has 1 atom stereocenters. The Morgan fingerprint density at radius 2 is 2.35 bits per heavy atom. The van der Waals surface area contributed by atoms with E-state index in [2.05, 4.69) is 10.2 Å². The molecule has 1 aromatic rings. The van der Waals surface area contributed by atoms with Crippen molar-refractivity contribution in [2.75, 3.05) is 38.2 Å². The molecular weight excluding hydrogens is 280 g/mol. The molecule has 0 aliphatic carbocycles. The molecule has 1 aliphatic heterocycles. The third kappa shape index (κ3) is 3.62. The summed E-state index contributed by atoms with van der Waals surface area (Å²) in [6.45, 7) is 4.27. The van der Waals surface area contributed by atoms with Crippen molar-refractivity contribution in [3.63, 3.8) is 0 Å². The molecular formula is C14H19ClN2O3. The minimum absolute atomic E-state index is 0.0523. The van der Waals surface area contributed by atoms with Crippen molar-refractivity contribution in [1.29, 1.82) is 0 Å². The number of anilines is 1. The van der Waals surface area contributed by atoms with Crippen LogP contribution in [0.1, 0.15) is 17.9 Å². The molecule has 0 bridgehead atoms. The van der Waals surface area contributed by atoms with E-state index in [0.717, 1.165) is 12.1 Å². The van der Waals surface area contributed by atoms with E-state index in [0.29, 0.717) is 24.5 Å². The molecule has 2 N–H and O–H groups in total. The zero-order valence-electron chi connectivity index (χ0n) is 11.4. The number of carbonyl (C=O) groups excluding carboxylic acids is 1. The Balaban J connectivity index is 2.08. The first-order chi connectivity index (χ1) is 9.63.